The number of aliphatic hydroxyl groups is 1. The maximum Gasteiger partial charge on any atom is 0.416 e. The number of alkyl halides is 3. The van der Waals surface area contributed by atoms with E-state index in [1.165, 1.54) is 6.20 Å². The minimum absolute atomic E-state index is 0.150. The largest absolute Gasteiger partial charge is 0.416 e. The lowest BCUT2D eigenvalue weighted by Gasteiger charge is -2.42. The summed E-state index contributed by atoms with van der Waals surface area (Å²) in [6, 6.07) is 8.07. The van der Waals surface area contributed by atoms with Crippen LogP contribution in [0.25, 0.3) is 11.4 Å². The van der Waals surface area contributed by atoms with Gasteiger partial charge in [-0.05, 0) is 81.2 Å². The van der Waals surface area contributed by atoms with Crippen LogP contribution in [0.4, 0.5) is 19.0 Å². The number of anilines is 1. The molecular formula is C34H42F3N7O2. The van der Waals surface area contributed by atoms with Crippen LogP contribution in [0.1, 0.15) is 70.1 Å². The second-order valence-electron chi connectivity index (χ2n) is 13.4. The third-order valence-electron chi connectivity index (χ3n) is 10.4. The maximum atomic E-state index is 14.1. The number of amides is 1. The Hall–Kier alpha value is -3.64. The van der Waals surface area contributed by atoms with Crippen molar-refractivity contribution in [3.8, 4) is 11.4 Å². The summed E-state index contributed by atoms with van der Waals surface area (Å²) in [5, 5.41) is 15.3. The molecule has 46 heavy (non-hydrogen) atoms. The Morgan fingerprint density at radius 1 is 0.935 bits per heavy atom. The molecule has 2 saturated carbocycles. The zero-order chi connectivity index (χ0) is 32.5. The van der Waals surface area contributed by atoms with Gasteiger partial charge in [-0.15, -0.1) is 0 Å². The Kier molecular flexibility index (Phi) is 9.04. The molecule has 1 aliphatic heterocycles. The molecule has 0 spiro atoms. The summed E-state index contributed by atoms with van der Waals surface area (Å²) in [6.45, 7) is 6.03. The molecule has 9 nitrogen and oxygen atoms in total. The second kappa shape index (κ2) is 12.9. The minimum atomic E-state index is -4.42. The Bertz CT molecular complexity index is 1490. The second-order valence-corrected chi connectivity index (χ2v) is 13.4. The van der Waals surface area contributed by atoms with Gasteiger partial charge in [-0.1, -0.05) is 13.8 Å². The number of nitrogens with one attached hydrogen (secondary N) is 1. The Morgan fingerprint density at radius 2 is 1.63 bits per heavy atom. The SMILES string of the molecule is CC(C)[C@]1(C(=O)N2CCN(c3cc(C(F)(F)F)ccn3)CC2)CC[C@@H](NC2CCC(O)(c3ccc(-c4ncccn4)cn3)CC2)C1. The van der Waals surface area contributed by atoms with Gasteiger partial charge in [-0.2, -0.15) is 13.2 Å². The smallest absolute Gasteiger partial charge is 0.384 e. The molecule has 0 bridgehead atoms. The molecule has 6 rings (SSSR count). The predicted molar refractivity (Wildman–Crippen MR) is 167 cm³/mol. The Morgan fingerprint density at radius 3 is 2.26 bits per heavy atom. The number of carbonyl (C=O) groups is 1. The average Bonchev–Trinajstić information content (AvgIpc) is 3.51. The molecule has 0 aromatic carbocycles. The van der Waals surface area contributed by atoms with Crippen LogP contribution in [-0.2, 0) is 16.6 Å². The van der Waals surface area contributed by atoms with Crippen LogP contribution in [0.2, 0.25) is 0 Å². The topological polar surface area (TPSA) is 107 Å². The van der Waals surface area contributed by atoms with Gasteiger partial charge in [0, 0.05) is 68.6 Å². The average molecular weight is 638 g/mol. The fourth-order valence-corrected chi connectivity index (χ4v) is 7.51. The van der Waals surface area contributed by atoms with Gasteiger partial charge in [0.15, 0.2) is 5.82 Å². The first-order valence-corrected chi connectivity index (χ1v) is 16.3. The third-order valence-corrected chi connectivity index (χ3v) is 10.4. The van der Waals surface area contributed by atoms with E-state index in [-0.39, 0.29) is 23.9 Å². The number of nitrogens with zero attached hydrogens (tertiary/aromatic N) is 6. The quantitative estimate of drug-likeness (QED) is 0.364. The highest BCUT2D eigenvalue weighted by Crippen LogP contribution is 2.47. The molecule has 0 radical (unpaired) electrons. The van der Waals surface area contributed by atoms with Crippen molar-refractivity contribution < 1.29 is 23.1 Å². The van der Waals surface area contributed by atoms with Crippen molar-refractivity contribution in [3.63, 3.8) is 0 Å². The lowest BCUT2D eigenvalue weighted by Crippen LogP contribution is -2.54. The summed E-state index contributed by atoms with van der Waals surface area (Å²) in [5.41, 5.74) is -0.695. The number of rotatable bonds is 7. The molecule has 3 fully saturated rings. The molecule has 1 amide bonds. The number of aromatic nitrogens is 4. The Balaban J connectivity index is 1.02. The van der Waals surface area contributed by atoms with E-state index in [1.807, 2.05) is 21.9 Å². The van der Waals surface area contributed by atoms with Gasteiger partial charge in [0.2, 0.25) is 5.91 Å². The van der Waals surface area contributed by atoms with E-state index in [0.717, 1.165) is 49.8 Å². The van der Waals surface area contributed by atoms with E-state index in [2.05, 4.69) is 39.1 Å². The van der Waals surface area contributed by atoms with Gasteiger partial charge in [-0.3, -0.25) is 9.78 Å². The highest BCUT2D eigenvalue weighted by molar-refractivity contribution is 5.84. The van der Waals surface area contributed by atoms with Crippen molar-refractivity contribution in [3.05, 3.63) is 66.4 Å². The number of carbonyl (C=O) groups excluding carboxylic acids is 1. The molecule has 1 saturated heterocycles. The predicted octanol–water partition coefficient (Wildman–Crippen LogP) is 5.22. The first kappa shape index (κ1) is 32.3. The molecular weight excluding hydrogens is 595 g/mol. The van der Waals surface area contributed by atoms with E-state index in [4.69, 9.17) is 0 Å². The summed E-state index contributed by atoms with van der Waals surface area (Å²) < 4.78 is 39.7. The van der Waals surface area contributed by atoms with Crippen molar-refractivity contribution in [2.45, 2.75) is 82.7 Å². The maximum absolute atomic E-state index is 14.1. The molecule has 2 aliphatic carbocycles. The number of hydrogen-bond acceptors (Lipinski definition) is 8. The van der Waals surface area contributed by atoms with E-state index < -0.39 is 22.8 Å². The summed E-state index contributed by atoms with van der Waals surface area (Å²) in [6.07, 6.45) is 7.16. The summed E-state index contributed by atoms with van der Waals surface area (Å²) >= 11 is 0. The first-order chi connectivity index (χ1) is 22.0. The summed E-state index contributed by atoms with van der Waals surface area (Å²) in [5.74, 6) is 1.20. The molecule has 246 valence electrons. The van der Waals surface area contributed by atoms with Gasteiger partial charge in [0.1, 0.15) is 11.4 Å². The van der Waals surface area contributed by atoms with Crippen LogP contribution in [0.15, 0.2) is 55.1 Å². The van der Waals surface area contributed by atoms with Gasteiger partial charge < -0.3 is 20.2 Å². The first-order valence-electron chi connectivity index (χ1n) is 16.3. The zero-order valence-corrected chi connectivity index (χ0v) is 26.4. The fraction of sp³-hybridized carbons (Fsp3) is 0.559. The van der Waals surface area contributed by atoms with E-state index in [1.54, 1.807) is 24.7 Å². The molecule has 3 aromatic heterocycles. The van der Waals surface area contributed by atoms with Crippen LogP contribution in [0.5, 0.6) is 0 Å². The van der Waals surface area contributed by atoms with Crippen molar-refractivity contribution in [1.29, 1.82) is 0 Å². The third kappa shape index (κ3) is 6.60. The highest BCUT2D eigenvalue weighted by Gasteiger charge is 2.50. The molecule has 0 unspecified atom stereocenters. The minimum Gasteiger partial charge on any atom is -0.384 e. The lowest BCUT2D eigenvalue weighted by molar-refractivity contribution is -0.145. The fourth-order valence-electron chi connectivity index (χ4n) is 7.51. The Labute approximate surface area is 267 Å². The molecule has 2 N–H and O–H groups in total. The molecule has 3 aliphatic rings. The van der Waals surface area contributed by atoms with Crippen LogP contribution in [-0.4, -0.2) is 74.1 Å². The zero-order valence-electron chi connectivity index (χ0n) is 26.4. The van der Waals surface area contributed by atoms with E-state index in [9.17, 15) is 23.1 Å². The van der Waals surface area contributed by atoms with Crippen LogP contribution < -0.4 is 10.2 Å². The molecule has 3 aromatic rings. The number of hydrogen-bond donors (Lipinski definition) is 2. The van der Waals surface area contributed by atoms with Gasteiger partial charge in [-0.25, -0.2) is 15.0 Å². The number of piperazine rings is 1. The summed E-state index contributed by atoms with van der Waals surface area (Å²) in [7, 11) is 0. The van der Waals surface area contributed by atoms with Crippen LogP contribution in [0, 0.1) is 11.3 Å². The van der Waals surface area contributed by atoms with Crippen molar-refractivity contribution in [2.75, 3.05) is 31.1 Å². The summed E-state index contributed by atoms with van der Waals surface area (Å²) in [4.78, 5) is 35.0. The van der Waals surface area contributed by atoms with E-state index >= 15 is 0 Å². The monoisotopic (exact) mass is 637 g/mol. The normalized spacial score (nSPS) is 27.3. The van der Waals surface area contributed by atoms with Gasteiger partial charge in [0.05, 0.1) is 16.7 Å². The van der Waals surface area contributed by atoms with Crippen molar-refractivity contribution in [2.24, 2.45) is 11.3 Å². The number of pyridine rings is 2. The van der Waals surface area contributed by atoms with Crippen LogP contribution in [0.3, 0.4) is 0 Å². The molecule has 2 atom stereocenters. The molecule has 4 heterocycles. The van der Waals surface area contributed by atoms with Crippen molar-refractivity contribution in [1.82, 2.24) is 30.2 Å². The number of halogens is 3. The highest BCUT2D eigenvalue weighted by atomic mass is 19.4. The van der Waals surface area contributed by atoms with Gasteiger partial charge in [0.25, 0.3) is 0 Å². The molecule has 12 heteroatoms. The van der Waals surface area contributed by atoms with Crippen molar-refractivity contribution >= 4 is 11.7 Å². The van der Waals surface area contributed by atoms with Gasteiger partial charge >= 0.3 is 6.18 Å². The standard InChI is InChI=1S/C34H42F3N7O2/c1-23(2)32(31(45)44-18-16-43(17-19-44)29-20-25(9-15-38-29)34(35,36)37)10-6-27(21-32)42-26-7-11-33(46,12-8-26)28-5-4-24(22-41-28)30-39-13-3-14-40-30/h3-5,9,13-15,20,22-23,26-27,42,46H,6-8,10-12,16-19,21H2,1-2H3/t26?,27-,32+,33?/m1/s1. The lowest BCUT2D eigenvalue weighted by atomic mass is 9.74. The van der Waals surface area contributed by atoms with E-state index in [0.29, 0.717) is 56.4 Å². The van der Waals surface area contributed by atoms with Crippen LogP contribution >= 0.6 is 0 Å².